The van der Waals surface area contributed by atoms with Crippen molar-refractivity contribution < 1.29 is 4.79 Å². The zero-order chi connectivity index (χ0) is 15.6. The summed E-state index contributed by atoms with van der Waals surface area (Å²) in [4.78, 5) is 23.9. The number of hydrogen-bond donors (Lipinski definition) is 2. The van der Waals surface area contributed by atoms with Crippen LogP contribution in [-0.2, 0) is 11.3 Å². The van der Waals surface area contributed by atoms with E-state index in [1.165, 1.54) is 17.5 Å². The SMILES string of the molecule is CC(C)(C)NC(=O)CNc1cnn(CC2CC2)c(=O)c1Br. The molecular formula is C14H21BrN4O2. The summed E-state index contributed by atoms with van der Waals surface area (Å²) in [6.45, 7) is 6.52. The lowest BCUT2D eigenvalue weighted by molar-refractivity contribution is -0.120. The van der Waals surface area contributed by atoms with E-state index < -0.39 is 0 Å². The Morgan fingerprint density at radius 3 is 2.71 bits per heavy atom. The van der Waals surface area contributed by atoms with Crippen molar-refractivity contribution in [3.63, 3.8) is 0 Å². The topological polar surface area (TPSA) is 76.0 Å². The third-order valence-corrected chi connectivity index (χ3v) is 3.83. The van der Waals surface area contributed by atoms with Gasteiger partial charge in [0.25, 0.3) is 5.56 Å². The number of anilines is 1. The number of hydrogen-bond acceptors (Lipinski definition) is 4. The van der Waals surface area contributed by atoms with Crippen LogP contribution in [0.3, 0.4) is 0 Å². The first-order valence-corrected chi connectivity index (χ1v) is 7.86. The predicted octanol–water partition coefficient (Wildman–Crippen LogP) is 1.74. The fourth-order valence-electron chi connectivity index (χ4n) is 1.90. The van der Waals surface area contributed by atoms with E-state index in [0.717, 1.165) is 0 Å². The summed E-state index contributed by atoms with van der Waals surface area (Å²) < 4.78 is 1.89. The Hall–Kier alpha value is -1.37. The molecule has 0 atom stereocenters. The molecule has 0 radical (unpaired) electrons. The fourth-order valence-corrected chi connectivity index (χ4v) is 2.35. The van der Waals surface area contributed by atoms with Gasteiger partial charge in [-0.3, -0.25) is 9.59 Å². The molecule has 1 aromatic rings. The second kappa shape index (κ2) is 6.17. The Balaban J connectivity index is 1.99. The van der Waals surface area contributed by atoms with Crippen LogP contribution >= 0.6 is 15.9 Å². The summed E-state index contributed by atoms with van der Waals surface area (Å²) in [5, 5.41) is 9.94. The van der Waals surface area contributed by atoms with Crippen molar-refractivity contribution in [2.45, 2.75) is 45.7 Å². The standard InChI is InChI=1S/C14H21BrN4O2/c1-14(2,3)18-11(20)7-16-10-6-17-19(8-9-4-5-9)13(21)12(10)15/h6,9,16H,4-5,7-8H2,1-3H3,(H,18,20). The maximum absolute atomic E-state index is 12.1. The molecule has 1 heterocycles. The lowest BCUT2D eigenvalue weighted by atomic mass is 10.1. The van der Waals surface area contributed by atoms with Gasteiger partial charge >= 0.3 is 0 Å². The highest BCUT2D eigenvalue weighted by Gasteiger charge is 2.23. The van der Waals surface area contributed by atoms with E-state index in [1.807, 2.05) is 20.8 Å². The molecule has 0 aliphatic heterocycles. The minimum absolute atomic E-state index is 0.101. The highest BCUT2D eigenvalue weighted by atomic mass is 79.9. The predicted molar refractivity (Wildman–Crippen MR) is 85.3 cm³/mol. The summed E-state index contributed by atoms with van der Waals surface area (Å²) in [6, 6.07) is 0. The summed E-state index contributed by atoms with van der Waals surface area (Å²) in [5.41, 5.74) is 0.0984. The summed E-state index contributed by atoms with van der Waals surface area (Å²) in [7, 11) is 0. The second-order valence-electron chi connectivity index (χ2n) is 6.45. The molecule has 0 saturated heterocycles. The van der Waals surface area contributed by atoms with Crippen molar-refractivity contribution in [2.75, 3.05) is 11.9 Å². The minimum atomic E-state index is -0.276. The molecule has 1 saturated carbocycles. The Kier molecular flexibility index (Phi) is 4.70. The number of amides is 1. The Labute approximate surface area is 132 Å². The van der Waals surface area contributed by atoms with E-state index in [2.05, 4.69) is 31.7 Å². The van der Waals surface area contributed by atoms with Gasteiger partial charge in [-0.05, 0) is 55.5 Å². The zero-order valence-corrected chi connectivity index (χ0v) is 14.2. The zero-order valence-electron chi connectivity index (χ0n) is 12.6. The molecule has 0 bridgehead atoms. The molecule has 7 heteroatoms. The van der Waals surface area contributed by atoms with E-state index in [0.29, 0.717) is 22.6 Å². The van der Waals surface area contributed by atoms with Gasteiger partial charge < -0.3 is 10.6 Å². The maximum atomic E-state index is 12.1. The van der Waals surface area contributed by atoms with Crippen LogP contribution in [-0.4, -0.2) is 27.8 Å². The van der Waals surface area contributed by atoms with Crippen LogP contribution in [0.4, 0.5) is 5.69 Å². The van der Waals surface area contributed by atoms with Crippen molar-refractivity contribution in [1.29, 1.82) is 0 Å². The Morgan fingerprint density at radius 1 is 1.48 bits per heavy atom. The number of carbonyl (C=O) groups excluding carboxylic acids is 1. The van der Waals surface area contributed by atoms with Crippen molar-refractivity contribution in [2.24, 2.45) is 5.92 Å². The molecule has 6 nitrogen and oxygen atoms in total. The highest BCUT2D eigenvalue weighted by Crippen LogP contribution is 2.30. The third-order valence-electron chi connectivity index (χ3n) is 3.07. The molecule has 0 unspecified atom stereocenters. The first-order valence-electron chi connectivity index (χ1n) is 7.07. The summed E-state index contributed by atoms with van der Waals surface area (Å²) in [6.07, 6.45) is 3.91. The minimum Gasteiger partial charge on any atom is -0.374 e. The summed E-state index contributed by atoms with van der Waals surface area (Å²) in [5.74, 6) is 0.454. The number of carbonyl (C=O) groups is 1. The number of halogens is 1. The van der Waals surface area contributed by atoms with Crippen LogP contribution in [0.2, 0.25) is 0 Å². The van der Waals surface area contributed by atoms with E-state index in [1.54, 1.807) is 6.20 Å². The molecule has 2 N–H and O–H groups in total. The van der Waals surface area contributed by atoms with E-state index in [-0.39, 0.29) is 23.6 Å². The molecular weight excluding hydrogens is 336 g/mol. The summed E-state index contributed by atoms with van der Waals surface area (Å²) >= 11 is 3.29. The van der Waals surface area contributed by atoms with Crippen LogP contribution in [0, 0.1) is 5.92 Å². The van der Waals surface area contributed by atoms with Gasteiger partial charge in [0.2, 0.25) is 5.91 Å². The van der Waals surface area contributed by atoms with Gasteiger partial charge in [0.1, 0.15) is 4.47 Å². The van der Waals surface area contributed by atoms with Gasteiger partial charge in [-0.25, -0.2) is 4.68 Å². The van der Waals surface area contributed by atoms with Gasteiger partial charge in [0.15, 0.2) is 0 Å². The van der Waals surface area contributed by atoms with Gasteiger partial charge in [-0.1, -0.05) is 0 Å². The number of aromatic nitrogens is 2. The van der Waals surface area contributed by atoms with Gasteiger partial charge in [0.05, 0.1) is 18.4 Å². The van der Waals surface area contributed by atoms with Crippen molar-refractivity contribution in [3.05, 3.63) is 21.0 Å². The molecule has 1 aliphatic carbocycles. The molecule has 21 heavy (non-hydrogen) atoms. The van der Waals surface area contributed by atoms with Crippen LogP contribution in [0.5, 0.6) is 0 Å². The normalized spacial score (nSPS) is 14.9. The maximum Gasteiger partial charge on any atom is 0.283 e. The molecule has 0 aromatic carbocycles. The largest absolute Gasteiger partial charge is 0.374 e. The molecule has 1 fully saturated rings. The fraction of sp³-hybridized carbons (Fsp3) is 0.643. The Morgan fingerprint density at radius 2 is 2.14 bits per heavy atom. The smallest absolute Gasteiger partial charge is 0.283 e. The van der Waals surface area contributed by atoms with E-state index in [9.17, 15) is 9.59 Å². The van der Waals surface area contributed by atoms with Crippen LogP contribution in [0.1, 0.15) is 33.6 Å². The molecule has 1 aliphatic rings. The Bertz CT molecular complexity index is 588. The lowest BCUT2D eigenvalue weighted by Gasteiger charge is -2.20. The average molecular weight is 357 g/mol. The van der Waals surface area contributed by atoms with E-state index >= 15 is 0 Å². The quantitative estimate of drug-likeness (QED) is 0.842. The van der Waals surface area contributed by atoms with Gasteiger partial charge in [0, 0.05) is 12.1 Å². The first kappa shape index (κ1) is 16.0. The van der Waals surface area contributed by atoms with Crippen molar-refractivity contribution in [1.82, 2.24) is 15.1 Å². The molecule has 1 aromatic heterocycles. The van der Waals surface area contributed by atoms with Crippen LogP contribution < -0.4 is 16.2 Å². The monoisotopic (exact) mass is 356 g/mol. The third kappa shape index (κ3) is 4.84. The lowest BCUT2D eigenvalue weighted by Crippen LogP contribution is -2.43. The van der Waals surface area contributed by atoms with Crippen molar-refractivity contribution in [3.8, 4) is 0 Å². The van der Waals surface area contributed by atoms with Gasteiger partial charge in [-0.2, -0.15) is 5.10 Å². The number of nitrogens with one attached hydrogen (secondary N) is 2. The number of nitrogens with zero attached hydrogens (tertiary/aromatic N) is 2. The second-order valence-corrected chi connectivity index (χ2v) is 7.25. The molecule has 1 amide bonds. The average Bonchev–Trinajstić information content (AvgIpc) is 3.16. The molecule has 0 spiro atoms. The number of rotatable bonds is 5. The van der Waals surface area contributed by atoms with Crippen molar-refractivity contribution >= 4 is 27.5 Å². The van der Waals surface area contributed by atoms with Crippen LogP contribution in [0.25, 0.3) is 0 Å². The van der Waals surface area contributed by atoms with Crippen LogP contribution in [0.15, 0.2) is 15.5 Å². The molecule has 116 valence electrons. The van der Waals surface area contributed by atoms with Gasteiger partial charge in [-0.15, -0.1) is 0 Å². The van der Waals surface area contributed by atoms with E-state index in [4.69, 9.17) is 0 Å². The highest BCUT2D eigenvalue weighted by molar-refractivity contribution is 9.10. The first-order chi connectivity index (χ1) is 9.76. The molecule has 2 rings (SSSR count).